The summed E-state index contributed by atoms with van der Waals surface area (Å²) in [5, 5.41) is 3.18. The van der Waals surface area contributed by atoms with Crippen molar-refractivity contribution >= 4 is 17.4 Å². The number of benzene rings is 1. The van der Waals surface area contributed by atoms with Gasteiger partial charge in [0.1, 0.15) is 0 Å². The van der Waals surface area contributed by atoms with Gasteiger partial charge in [0.25, 0.3) is 0 Å². The van der Waals surface area contributed by atoms with Crippen molar-refractivity contribution < 1.29 is 9.47 Å². The predicted molar refractivity (Wildman–Crippen MR) is 89.9 cm³/mol. The van der Waals surface area contributed by atoms with Gasteiger partial charge in [-0.1, -0.05) is 0 Å². The lowest BCUT2D eigenvalue weighted by atomic mass is 10.3. The Bertz CT molecular complexity index is 1080. The summed E-state index contributed by atoms with van der Waals surface area (Å²) in [6, 6.07) is 9.29. The van der Waals surface area contributed by atoms with Crippen LogP contribution in [0.1, 0.15) is 0 Å². The van der Waals surface area contributed by atoms with Gasteiger partial charge in [0, 0.05) is 30.3 Å². The van der Waals surface area contributed by atoms with Gasteiger partial charge in [-0.2, -0.15) is 0 Å². The Morgan fingerprint density at radius 3 is 2.96 bits per heavy atom. The van der Waals surface area contributed by atoms with Crippen LogP contribution in [0, 0.1) is 0 Å². The molecule has 0 saturated heterocycles. The van der Waals surface area contributed by atoms with E-state index in [1.54, 1.807) is 18.6 Å². The van der Waals surface area contributed by atoms with Gasteiger partial charge in [0.15, 0.2) is 11.5 Å². The fourth-order valence-electron chi connectivity index (χ4n) is 2.68. The summed E-state index contributed by atoms with van der Waals surface area (Å²) in [7, 11) is 0. The van der Waals surface area contributed by atoms with Gasteiger partial charge in [0.05, 0.1) is 17.6 Å². The van der Waals surface area contributed by atoms with Gasteiger partial charge >= 0.3 is 0 Å². The number of hydrogen-bond acceptors (Lipinski definition) is 7. The first kappa shape index (κ1) is 13.7. The molecule has 8 heteroatoms. The molecule has 0 fully saturated rings. The highest BCUT2D eigenvalue weighted by Crippen LogP contribution is 2.34. The fraction of sp³-hybridized carbons (Fsp3) is 0.0588. The standard InChI is InChI=1S/C17H12N6O2/c1-5-19-17-20-9-13(23(17)7-1)12-4-6-18-16(22-12)21-11-2-3-14-15(8-11)25-10-24-14/h1-9H,10H2,(H,18,21,22). The second-order valence-electron chi connectivity index (χ2n) is 5.39. The van der Waals surface area contributed by atoms with Crippen LogP contribution in [0.4, 0.5) is 11.6 Å². The Kier molecular flexibility index (Phi) is 2.99. The molecule has 4 aromatic rings. The molecule has 8 nitrogen and oxygen atoms in total. The molecule has 0 radical (unpaired) electrons. The Hall–Kier alpha value is -3.68. The van der Waals surface area contributed by atoms with Gasteiger partial charge in [-0.25, -0.2) is 19.9 Å². The normalized spacial score (nSPS) is 12.5. The fourth-order valence-corrected chi connectivity index (χ4v) is 2.68. The van der Waals surface area contributed by atoms with Crippen molar-refractivity contribution in [1.82, 2.24) is 24.3 Å². The number of nitrogens with zero attached hydrogens (tertiary/aromatic N) is 5. The Labute approximate surface area is 142 Å². The third kappa shape index (κ3) is 2.40. The van der Waals surface area contributed by atoms with E-state index in [1.165, 1.54) is 0 Å². The molecule has 1 aliphatic rings. The minimum absolute atomic E-state index is 0.243. The van der Waals surface area contributed by atoms with Crippen LogP contribution < -0.4 is 14.8 Å². The maximum absolute atomic E-state index is 5.39. The summed E-state index contributed by atoms with van der Waals surface area (Å²) in [5.41, 5.74) is 2.42. The van der Waals surface area contributed by atoms with Crippen LogP contribution in [0.15, 0.2) is 55.1 Å². The summed E-state index contributed by atoms with van der Waals surface area (Å²) in [4.78, 5) is 17.4. The van der Waals surface area contributed by atoms with Crippen molar-refractivity contribution in [2.24, 2.45) is 0 Å². The minimum Gasteiger partial charge on any atom is -0.454 e. The number of ether oxygens (including phenoxy) is 2. The molecule has 0 unspecified atom stereocenters. The Morgan fingerprint density at radius 2 is 1.96 bits per heavy atom. The molecule has 3 aromatic heterocycles. The molecule has 0 saturated carbocycles. The average Bonchev–Trinajstić information content (AvgIpc) is 3.28. The lowest BCUT2D eigenvalue weighted by molar-refractivity contribution is 0.174. The van der Waals surface area contributed by atoms with E-state index in [2.05, 4.69) is 25.3 Å². The highest BCUT2D eigenvalue weighted by Gasteiger charge is 2.14. The molecule has 1 N–H and O–H groups in total. The number of anilines is 2. The summed E-state index contributed by atoms with van der Waals surface area (Å²) in [5.74, 6) is 2.55. The van der Waals surface area contributed by atoms with Crippen LogP contribution in [0.5, 0.6) is 11.5 Å². The first-order valence-corrected chi connectivity index (χ1v) is 7.65. The first-order valence-electron chi connectivity index (χ1n) is 7.65. The molecular formula is C17H12N6O2. The minimum atomic E-state index is 0.243. The lowest BCUT2D eigenvalue weighted by Crippen LogP contribution is -1.99. The van der Waals surface area contributed by atoms with Crippen LogP contribution in [0.2, 0.25) is 0 Å². The summed E-state index contributed by atoms with van der Waals surface area (Å²) >= 11 is 0. The second-order valence-corrected chi connectivity index (χ2v) is 5.39. The van der Waals surface area contributed by atoms with E-state index in [1.807, 2.05) is 40.9 Å². The van der Waals surface area contributed by atoms with E-state index in [9.17, 15) is 0 Å². The Morgan fingerprint density at radius 1 is 1.00 bits per heavy atom. The molecule has 122 valence electrons. The zero-order valence-corrected chi connectivity index (χ0v) is 13.0. The van der Waals surface area contributed by atoms with Crippen molar-refractivity contribution in [3.8, 4) is 22.9 Å². The van der Waals surface area contributed by atoms with Crippen molar-refractivity contribution in [3.63, 3.8) is 0 Å². The summed E-state index contributed by atoms with van der Waals surface area (Å²) in [6.07, 6.45) is 7.05. The van der Waals surface area contributed by atoms with Crippen molar-refractivity contribution in [2.75, 3.05) is 12.1 Å². The Balaban J connectivity index is 1.49. The number of imidazole rings is 1. The SMILES string of the molecule is c1cnc2ncc(-c3ccnc(Nc4ccc5c(c4)OCO5)n3)n2c1. The van der Waals surface area contributed by atoms with Crippen LogP contribution in [0.25, 0.3) is 17.2 Å². The molecule has 0 spiro atoms. The van der Waals surface area contributed by atoms with Gasteiger partial charge < -0.3 is 14.8 Å². The quantitative estimate of drug-likeness (QED) is 0.617. The third-order valence-corrected chi connectivity index (χ3v) is 3.84. The monoisotopic (exact) mass is 332 g/mol. The maximum Gasteiger partial charge on any atom is 0.234 e. The number of hydrogen-bond donors (Lipinski definition) is 1. The van der Waals surface area contributed by atoms with Crippen LogP contribution >= 0.6 is 0 Å². The summed E-state index contributed by atoms with van der Waals surface area (Å²) < 4.78 is 12.6. The zero-order valence-electron chi connectivity index (χ0n) is 13.0. The highest BCUT2D eigenvalue weighted by atomic mass is 16.7. The smallest absolute Gasteiger partial charge is 0.234 e. The molecule has 1 aromatic carbocycles. The highest BCUT2D eigenvalue weighted by molar-refractivity contribution is 5.63. The third-order valence-electron chi connectivity index (χ3n) is 3.84. The van der Waals surface area contributed by atoms with E-state index in [4.69, 9.17) is 9.47 Å². The van der Waals surface area contributed by atoms with Gasteiger partial charge in [-0.15, -0.1) is 0 Å². The van der Waals surface area contributed by atoms with E-state index in [-0.39, 0.29) is 6.79 Å². The number of nitrogens with one attached hydrogen (secondary N) is 1. The number of rotatable bonds is 3. The predicted octanol–water partition coefficient (Wildman–Crippen LogP) is 2.66. The van der Waals surface area contributed by atoms with Crippen molar-refractivity contribution in [3.05, 3.63) is 55.1 Å². The lowest BCUT2D eigenvalue weighted by Gasteiger charge is -2.07. The molecule has 4 heterocycles. The molecule has 0 atom stereocenters. The first-order chi connectivity index (χ1) is 12.4. The summed E-state index contributed by atoms with van der Waals surface area (Å²) in [6.45, 7) is 0.243. The van der Waals surface area contributed by atoms with Crippen molar-refractivity contribution in [2.45, 2.75) is 0 Å². The molecule has 0 bridgehead atoms. The van der Waals surface area contributed by atoms with Crippen LogP contribution in [-0.2, 0) is 0 Å². The number of fused-ring (bicyclic) bond motifs is 2. The average molecular weight is 332 g/mol. The van der Waals surface area contributed by atoms with E-state index in [0.717, 1.165) is 22.8 Å². The van der Waals surface area contributed by atoms with Gasteiger partial charge in [0.2, 0.25) is 18.5 Å². The number of aromatic nitrogens is 5. The molecule has 25 heavy (non-hydrogen) atoms. The molecule has 5 rings (SSSR count). The molecule has 0 aliphatic carbocycles. The maximum atomic E-state index is 5.39. The van der Waals surface area contributed by atoms with Crippen LogP contribution in [-0.4, -0.2) is 31.1 Å². The van der Waals surface area contributed by atoms with Gasteiger partial charge in [-0.05, 0) is 24.3 Å². The molecule has 1 aliphatic heterocycles. The van der Waals surface area contributed by atoms with Crippen molar-refractivity contribution in [1.29, 1.82) is 0 Å². The molecular weight excluding hydrogens is 320 g/mol. The van der Waals surface area contributed by atoms with E-state index in [0.29, 0.717) is 17.5 Å². The van der Waals surface area contributed by atoms with Crippen LogP contribution in [0.3, 0.4) is 0 Å². The topological polar surface area (TPSA) is 86.5 Å². The largest absolute Gasteiger partial charge is 0.454 e. The molecule has 0 amide bonds. The van der Waals surface area contributed by atoms with E-state index < -0.39 is 0 Å². The van der Waals surface area contributed by atoms with E-state index >= 15 is 0 Å². The zero-order chi connectivity index (χ0) is 16.6. The van der Waals surface area contributed by atoms with Gasteiger partial charge in [-0.3, -0.25) is 4.40 Å². The second kappa shape index (κ2) is 5.45.